The lowest BCUT2D eigenvalue weighted by Gasteiger charge is -2.23. The number of anilines is 1. The molecule has 1 aliphatic heterocycles. The van der Waals surface area contributed by atoms with Crippen LogP contribution in [0.1, 0.15) is 24.8 Å². The molecule has 0 spiro atoms. The average molecular weight is 550 g/mol. The summed E-state index contributed by atoms with van der Waals surface area (Å²) in [6.07, 6.45) is -0.314. The normalized spacial score (nSPS) is 21.2. The molecule has 14 nitrogen and oxygen atoms in total. The zero-order chi connectivity index (χ0) is 28.2. The molecule has 4 N–H and O–H groups in total. The Bertz CT molecular complexity index is 1480. The number of aliphatic hydroxyl groups is 2. The maximum Gasteiger partial charge on any atom is 0.269 e. The standard InChI is InChI=1S/C26H27N7O7/c1-15(16-7-9-17(10-8-16)33(37)38)30-24-22-25(28-13-27-24)32(14-29-22)26-21(23(36)19(11-34)40-26)31-20(35)12-39-18-5-3-2-4-6-18/h2-10,13-15,19,21,23,26,34,36H,11-12H2,1H3,(H,31,35)(H,27,28,30)/t15-,19-,21-,23-,26-/m1/s1. The van der Waals surface area contributed by atoms with Crippen LogP contribution in [-0.4, -0.2) is 72.0 Å². The number of rotatable bonds is 10. The number of imidazole rings is 1. The SMILES string of the molecule is C[C@@H](Nc1ncnc2c1ncn2[C@@H]1O[C@H](CO)[C@@H](O)[C@H]1NC(=O)COc1ccccc1)c1ccc([N+](=O)[O-])cc1. The molecule has 4 aromatic rings. The van der Waals surface area contributed by atoms with E-state index in [1.165, 1.54) is 24.8 Å². The lowest BCUT2D eigenvalue weighted by Crippen LogP contribution is -2.48. The summed E-state index contributed by atoms with van der Waals surface area (Å²) in [5.41, 5.74) is 1.56. The molecular weight excluding hydrogens is 522 g/mol. The number of benzene rings is 2. The van der Waals surface area contributed by atoms with Gasteiger partial charge in [0.15, 0.2) is 29.8 Å². The van der Waals surface area contributed by atoms with Crippen molar-refractivity contribution in [1.82, 2.24) is 24.8 Å². The van der Waals surface area contributed by atoms with Crippen LogP contribution < -0.4 is 15.4 Å². The first-order valence-corrected chi connectivity index (χ1v) is 12.5. The van der Waals surface area contributed by atoms with E-state index in [1.807, 2.05) is 13.0 Å². The molecule has 14 heteroatoms. The number of nitro groups is 1. The van der Waals surface area contributed by atoms with Crippen LogP contribution in [0.3, 0.4) is 0 Å². The zero-order valence-corrected chi connectivity index (χ0v) is 21.3. The number of aromatic nitrogens is 4. The fraction of sp³-hybridized carbons (Fsp3) is 0.308. The highest BCUT2D eigenvalue weighted by molar-refractivity contribution is 5.83. The second-order valence-electron chi connectivity index (χ2n) is 9.19. The van der Waals surface area contributed by atoms with Crippen molar-refractivity contribution in [2.75, 3.05) is 18.5 Å². The number of amides is 1. The van der Waals surface area contributed by atoms with Crippen molar-refractivity contribution >= 4 is 28.6 Å². The van der Waals surface area contributed by atoms with Crippen molar-refractivity contribution in [2.24, 2.45) is 0 Å². The Morgan fingerprint density at radius 1 is 1.18 bits per heavy atom. The van der Waals surface area contributed by atoms with Crippen LogP contribution in [0, 0.1) is 10.1 Å². The summed E-state index contributed by atoms with van der Waals surface area (Å²) in [6.45, 7) is 1.12. The number of nitrogens with zero attached hydrogens (tertiary/aromatic N) is 5. The van der Waals surface area contributed by atoms with E-state index in [-0.39, 0.29) is 18.3 Å². The third-order valence-electron chi connectivity index (χ3n) is 6.58. The number of fused-ring (bicyclic) bond motifs is 1. The Balaban J connectivity index is 1.35. The molecule has 1 aliphatic rings. The zero-order valence-electron chi connectivity index (χ0n) is 21.3. The van der Waals surface area contributed by atoms with E-state index in [2.05, 4.69) is 25.6 Å². The van der Waals surface area contributed by atoms with Gasteiger partial charge in [0.05, 0.1) is 23.9 Å². The quantitative estimate of drug-likeness (QED) is 0.167. The van der Waals surface area contributed by atoms with Crippen molar-refractivity contribution in [2.45, 2.75) is 37.4 Å². The minimum atomic E-state index is -1.21. The summed E-state index contributed by atoms with van der Waals surface area (Å²) < 4.78 is 13.0. The molecule has 2 aromatic heterocycles. The highest BCUT2D eigenvalue weighted by atomic mass is 16.6. The molecule has 3 heterocycles. The summed E-state index contributed by atoms with van der Waals surface area (Å²) in [5.74, 6) is 0.438. The van der Waals surface area contributed by atoms with Gasteiger partial charge in [0.2, 0.25) is 0 Å². The van der Waals surface area contributed by atoms with Gasteiger partial charge in [-0.25, -0.2) is 15.0 Å². The van der Waals surface area contributed by atoms with Crippen LogP contribution >= 0.6 is 0 Å². The van der Waals surface area contributed by atoms with E-state index in [9.17, 15) is 25.1 Å². The summed E-state index contributed by atoms with van der Waals surface area (Å²) in [5, 5.41) is 37.5. The predicted octanol–water partition coefficient (Wildman–Crippen LogP) is 1.72. The minimum absolute atomic E-state index is 0.00710. The van der Waals surface area contributed by atoms with Crippen LogP contribution in [0.4, 0.5) is 11.5 Å². The van der Waals surface area contributed by atoms with Crippen LogP contribution in [0.15, 0.2) is 67.3 Å². The molecule has 1 saturated heterocycles. The third kappa shape index (κ3) is 5.54. The van der Waals surface area contributed by atoms with Gasteiger partial charge in [-0.1, -0.05) is 30.3 Å². The summed E-state index contributed by atoms with van der Waals surface area (Å²) in [4.78, 5) is 36.3. The number of carbonyl (C=O) groups excluding carboxylic acids is 1. The first-order valence-electron chi connectivity index (χ1n) is 12.5. The number of aliphatic hydroxyl groups excluding tert-OH is 2. The molecule has 0 saturated carbocycles. The molecule has 0 bridgehead atoms. The predicted molar refractivity (Wildman–Crippen MR) is 141 cm³/mol. The first kappa shape index (κ1) is 26.9. The maximum atomic E-state index is 12.7. The number of nitrogens with one attached hydrogen (secondary N) is 2. The van der Waals surface area contributed by atoms with Gasteiger partial charge in [0.1, 0.15) is 30.3 Å². The van der Waals surface area contributed by atoms with E-state index in [0.717, 1.165) is 5.56 Å². The molecule has 5 atom stereocenters. The van der Waals surface area contributed by atoms with Crippen molar-refractivity contribution < 1.29 is 29.4 Å². The molecule has 208 valence electrons. The lowest BCUT2D eigenvalue weighted by atomic mass is 10.1. The van der Waals surface area contributed by atoms with Gasteiger partial charge in [-0.15, -0.1) is 0 Å². The van der Waals surface area contributed by atoms with E-state index in [4.69, 9.17) is 9.47 Å². The van der Waals surface area contributed by atoms with Crippen LogP contribution in [0.2, 0.25) is 0 Å². The van der Waals surface area contributed by atoms with E-state index in [1.54, 1.807) is 41.0 Å². The van der Waals surface area contributed by atoms with Gasteiger partial charge in [-0.3, -0.25) is 19.5 Å². The minimum Gasteiger partial charge on any atom is -0.484 e. The monoisotopic (exact) mass is 549 g/mol. The van der Waals surface area contributed by atoms with Gasteiger partial charge in [-0.05, 0) is 24.6 Å². The molecule has 0 aliphatic carbocycles. The van der Waals surface area contributed by atoms with E-state index < -0.39 is 41.9 Å². The number of para-hydroxylation sites is 1. The van der Waals surface area contributed by atoms with Crippen LogP contribution in [0.25, 0.3) is 11.2 Å². The average Bonchev–Trinajstić information content (AvgIpc) is 3.53. The molecule has 1 amide bonds. The Morgan fingerprint density at radius 3 is 2.62 bits per heavy atom. The number of nitro benzene ring substituents is 1. The molecular formula is C26H27N7O7. The van der Waals surface area contributed by atoms with Crippen molar-refractivity contribution in [3.05, 3.63) is 82.9 Å². The fourth-order valence-electron chi connectivity index (χ4n) is 4.50. The Kier molecular flexibility index (Phi) is 7.82. The molecule has 0 unspecified atom stereocenters. The lowest BCUT2D eigenvalue weighted by molar-refractivity contribution is -0.384. The Morgan fingerprint density at radius 2 is 1.93 bits per heavy atom. The fourth-order valence-corrected chi connectivity index (χ4v) is 4.50. The number of non-ortho nitro benzene ring substituents is 1. The Hall–Kier alpha value is -4.66. The topological polar surface area (TPSA) is 187 Å². The Labute approximate surface area is 227 Å². The van der Waals surface area contributed by atoms with Crippen molar-refractivity contribution in [3.8, 4) is 5.75 Å². The number of hydrogen-bond acceptors (Lipinski definition) is 11. The van der Waals surface area contributed by atoms with E-state index >= 15 is 0 Å². The molecule has 0 radical (unpaired) electrons. The van der Waals surface area contributed by atoms with Crippen molar-refractivity contribution in [3.63, 3.8) is 0 Å². The summed E-state index contributed by atoms with van der Waals surface area (Å²) >= 11 is 0. The van der Waals surface area contributed by atoms with E-state index in [0.29, 0.717) is 22.7 Å². The molecule has 2 aromatic carbocycles. The highest BCUT2D eigenvalue weighted by Gasteiger charge is 2.46. The van der Waals surface area contributed by atoms with Gasteiger partial charge in [-0.2, -0.15) is 0 Å². The van der Waals surface area contributed by atoms with Gasteiger partial charge in [0.25, 0.3) is 11.6 Å². The summed E-state index contributed by atoms with van der Waals surface area (Å²) in [7, 11) is 0. The van der Waals surface area contributed by atoms with Gasteiger partial charge in [0, 0.05) is 12.1 Å². The summed E-state index contributed by atoms with van der Waals surface area (Å²) in [6, 6.07) is 13.8. The molecule has 1 fully saturated rings. The molecule has 5 rings (SSSR count). The molecule has 40 heavy (non-hydrogen) atoms. The smallest absolute Gasteiger partial charge is 0.269 e. The third-order valence-corrected chi connectivity index (χ3v) is 6.58. The maximum absolute atomic E-state index is 12.7. The number of ether oxygens (including phenoxy) is 2. The largest absolute Gasteiger partial charge is 0.484 e. The van der Waals surface area contributed by atoms with Crippen LogP contribution in [0.5, 0.6) is 5.75 Å². The van der Waals surface area contributed by atoms with Gasteiger partial charge >= 0.3 is 0 Å². The van der Waals surface area contributed by atoms with Crippen molar-refractivity contribution in [1.29, 1.82) is 0 Å². The second kappa shape index (κ2) is 11.6. The number of carbonyl (C=O) groups is 1. The highest BCUT2D eigenvalue weighted by Crippen LogP contribution is 2.33. The van der Waals surface area contributed by atoms with Gasteiger partial charge < -0.3 is 30.3 Å². The first-order chi connectivity index (χ1) is 19.4. The number of hydrogen-bond donors (Lipinski definition) is 4. The second-order valence-corrected chi connectivity index (χ2v) is 9.19. The van der Waals surface area contributed by atoms with Crippen LogP contribution in [-0.2, 0) is 9.53 Å².